The summed E-state index contributed by atoms with van der Waals surface area (Å²) in [5, 5.41) is 9.72. The van der Waals surface area contributed by atoms with Crippen molar-refractivity contribution >= 4 is 23.5 Å². The summed E-state index contributed by atoms with van der Waals surface area (Å²) < 4.78 is 0. The molecule has 1 aromatic rings. The Bertz CT molecular complexity index is 397. The summed E-state index contributed by atoms with van der Waals surface area (Å²) in [7, 11) is 0. The molecule has 0 aliphatic carbocycles. The van der Waals surface area contributed by atoms with Crippen molar-refractivity contribution in [1.82, 2.24) is 10.2 Å². The molecule has 0 spiro atoms. The Morgan fingerprint density at radius 1 is 1.61 bits per heavy atom. The van der Waals surface area contributed by atoms with Gasteiger partial charge < -0.3 is 11.1 Å². The van der Waals surface area contributed by atoms with E-state index < -0.39 is 6.04 Å². The molecule has 0 radical (unpaired) electrons. The van der Waals surface area contributed by atoms with Crippen molar-refractivity contribution in [2.45, 2.75) is 38.6 Å². The molecule has 0 aliphatic rings. The lowest BCUT2D eigenvalue weighted by Gasteiger charge is -2.14. The number of H-pyrrole nitrogens is 1. The molecule has 0 saturated carbocycles. The smallest absolute Gasteiger partial charge is 0.242 e. The monoisotopic (exact) mass is 270 g/mol. The number of nitrogens with two attached hydrogens (primary N) is 1. The number of hydrogen-bond donors (Lipinski definition) is 3. The minimum absolute atomic E-state index is 0.0169. The van der Waals surface area contributed by atoms with E-state index in [0.29, 0.717) is 12.2 Å². The number of amides is 1. The Morgan fingerprint density at radius 2 is 2.28 bits per heavy atom. The summed E-state index contributed by atoms with van der Waals surface area (Å²) in [5.41, 5.74) is 6.75. The lowest BCUT2D eigenvalue weighted by Crippen LogP contribution is -2.36. The number of aromatic nitrogens is 2. The predicted octanol–water partition coefficient (Wildman–Crippen LogP) is 1.73. The van der Waals surface area contributed by atoms with Crippen molar-refractivity contribution in [2.75, 3.05) is 17.3 Å². The molecular weight excluding hydrogens is 248 g/mol. The van der Waals surface area contributed by atoms with Crippen LogP contribution in [-0.4, -0.2) is 34.2 Å². The Kier molecular flexibility index (Phi) is 5.22. The molecule has 4 N–H and O–H groups in total. The van der Waals surface area contributed by atoms with E-state index in [2.05, 4.69) is 36.3 Å². The maximum atomic E-state index is 11.8. The second kappa shape index (κ2) is 6.24. The fourth-order valence-electron chi connectivity index (χ4n) is 1.36. The highest BCUT2D eigenvalue weighted by Gasteiger charge is 2.19. The third-order valence-electron chi connectivity index (χ3n) is 2.61. The van der Waals surface area contributed by atoms with E-state index in [1.54, 1.807) is 11.8 Å². The quantitative estimate of drug-likeness (QED) is 0.760. The number of carbonyl (C=O) groups is 1. The van der Waals surface area contributed by atoms with Gasteiger partial charge in [-0.05, 0) is 18.4 Å². The van der Waals surface area contributed by atoms with Crippen molar-refractivity contribution < 1.29 is 4.79 Å². The van der Waals surface area contributed by atoms with Gasteiger partial charge in [0.15, 0.2) is 5.82 Å². The lowest BCUT2D eigenvalue weighted by molar-refractivity contribution is -0.117. The number of hydrogen-bond acceptors (Lipinski definition) is 4. The van der Waals surface area contributed by atoms with Crippen molar-refractivity contribution in [3.8, 4) is 0 Å². The SMILES string of the molecule is CSCC[C@@H](N)C(=O)Nc1cc(C(C)(C)C)[nH]n1. The number of anilines is 1. The molecule has 6 heteroatoms. The second-order valence-electron chi connectivity index (χ2n) is 5.29. The van der Waals surface area contributed by atoms with Gasteiger partial charge in [0.1, 0.15) is 0 Å². The van der Waals surface area contributed by atoms with Crippen LogP contribution in [0.1, 0.15) is 32.9 Å². The van der Waals surface area contributed by atoms with Crippen LogP contribution in [0.3, 0.4) is 0 Å². The standard InChI is InChI=1S/C12H22N4OS/c1-12(2,3)9-7-10(16-15-9)14-11(17)8(13)5-6-18-4/h7-8H,5-6,13H2,1-4H3,(H2,14,15,16,17)/t8-/m1/s1. The molecule has 1 amide bonds. The second-order valence-corrected chi connectivity index (χ2v) is 6.28. The summed E-state index contributed by atoms with van der Waals surface area (Å²) in [6, 6.07) is 1.37. The minimum Gasteiger partial charge on any atom is -0.320 e. The number of nitrogens with one attached hydrogen (secondary N) is 2. The number of thioether (sulfide) groups is 1. The molecule has 102 valence electrons. The molecule has 0 bridgehead atoms. The Morgan fingerprint density at radius 3 is 2.78 bits per heavy atom. The van der Waals surface area contributed by atoms with Gasteiger partial charge in [0, 0.05) is 17.2 Å². The molecule has 1 aromatic heterocycles. The molecule has 1 rings (SSSR count). The van der Waals surface area contributed by atoms with Crippen LogP contribution in [0.2, 0.25) is 0 Å². The largest absolute Gasteiger partial charge is 0.320 e. The van der Waals surface area contributed by atoms with E-state index in [1.807, 2.05) is 12.3 Å². The number of rotatable bonds is 5. The van der Waals surface area contributed by atoms with Crippen LogP contribution in [0, 0.1) is 0 Å². The van der Waals surface area contributed by atoms with Crippen molar-refractivity contribution in [3.63, 3.8) is 0 Å². The van der Waals surface area contributed by atoms with Gasteiger partial charge in [-0.15, -0.1) is 0 Å². The normalized spacial score (nSPS) is 13.4. The first-order valence-corrected chi connectivity index (χ1v) is 7.35. The predicted molar refractivity (Wildman–Crippen MR) is 76.9 cm³/mol. The van der Waals surface area contributed by atoms with E-state index in [9.17, 15) is 4.79 Å². The van der Waals surface area contributed by atoms with Gasteiger partial charge in [-0.1, -0.05) is 20.8 Å². The van der Waals surface area contributed by atoms with Gasteiger partial charge >= 0.3 is 0 Å². The molecule has 5 nitrogen and oxygen atoms in total. The molecule has 18 heavy (non-hydrogen) atoms. The zero-order valence-corrected chi connectivity index (χ0v) is 12.2. The molecule has 0 saturated heterocycles. The van der Waals surface area contributed by atoms with Crippen LogP contribution < -0.4 is 11.1 Å². The van der Waals surface area contributed by atoms with Gasteiger partial charge in [0.05, 0.1) is 6.04 Å². The molecule has 0 unspecified atom stereocenters. The number of aromatic amines is 1. The van der Waals surface area contributed by atoms with Crippen LogP contribution in [0.5, 0.6) is 0 Å². The Hall–Kier alpha value is -1.01. The van der Waals surface area contributed by atoms with Crippen LogP contribution in [0.15, 0.2) is 6.07 Å². The fraction of sp³-hybridized carbons (Fsp3) is 0.667. The van der Waals surface area contributed by atoms with E-state index in [-0.39, 0.29) is 11.3 Å². The topological polar surface area (TPSA) is 83.8 Å². The molecule has 0 aromatic carbocycles. The summed E-state index contributed by atoms with van der Waals surface area (Å²) in [6.45, 7) is 6.24. The summed E-state index contributed by atoms with van der Waals surface area (Å²) in [6.07, 6.45) is 2.66. The van der Waals surface area contributed by atoms with Crippen molar-refractivity contribution in [3.05, 3.63) is 11.8 Å². The van der Waals surface area contributed by atoms with Crippen molar-refractivity contribution in [2.24, 2.45) is 5.73 Å². The third kappa shape index (κ3) is 4.34. The minimum atomic E-state index is -0.479. The summed E-state index contributed by atoms with van der Waals surface area (Å²) >= 11 is 1.68. The van der Waals surface area contributed by atoms with E-state index >= 15 is 0 Å². The van der Waals surface area contributed by atoms with Crippen LogP contribution in [0.4, 0.5) is 5.82 Å². The average molecular weight is 270 g/mol. The first kappa shape index (κ1) is 15.0. The maximum Gasteiger partial charge on any atom is 0.242 e. The number of nitrogens with zero attached hydrogens (tertiary/aromatic N) is 1. The average Bonchev–Trinajstić information content (AvgIpc) is 2.73. The molecular formula is C12H22N4OS. The van der Waals surface area contributed by atoms with Crippen LogP contribution in [-0.2, 0) is 10.2 Å². The molecule has 1 heterocycles. The highest BCUT2D eigenvalue weighted by molar-refractivity contribution is 7.98. The Labute approximate surface area is 112 Å². The molecule has 0 fully saturated rings. The van der Waals surface area contributed by atoms with E-state index in [1.165, 1.54) is 0 Å². The fourth-order valence-corrected chi connectivity index (χ4v) is 1.85. The Balaban J connectivity index is 2.57. The number of carbonyl (C=O) groups excluding carboxylic acids is 1. The zero-order chi connectivity index (χ0) is 13.8. The van der Waals surface area contributed by atoms with Gasteiger partial charge in [0.2, 0.25) is 5.91 Å². The van der Waals surface area contributed by atoms with Crippen LogP contribution >= 0.6 is 11.8 Å². The summed E-state index contributed by atoms with van der Waals surface area (Å²) in [4.78, 5) is 11.8. The first-order valence-electron chi connectivity index (χ1n) is 5.96. The summed E-state index contributed by atoms with van der Waals surface area (Å²) in [5.74, 6) is 1.23. The highest BCUT2D eigenvalue weighted by atomic mass is 32.2. The van der Waals surface area contributed by atoms with Gasteiger partial charge in [-0.3, -0.25) is 9.89 Å². The molecule has 1 atom stereocenters. The van der Waals surface area contributed by atoms with Crippen molar-refractivity contribution in [1.29, 1.82) is 0 Å². The van der Waals surface area contributed by atoms with Gasteiger partial charge in [-0.25, -0.2) is 0 Å². The van der Waals surface area contributed by atoms with E-state index in [0.717, 1.165) is 11.4 Å². The van der Waals surface area contributed by atoms with Crippen LogP contribution in [0.25, 0.3) is 0 Å². The highest BCUT2D eigenvalue weighted by Crippen LogP contribution is 2.21. The first-order chi connectivity index (χ1) is 8.34. The maximum absolute atomic E-state index is 11.8. The van der Waals surface area contributed by atoms with E-state index in [4.69, 9.17) is 5.73 Å². The lowest BCUT2D eigenvalue weighted by atomic mass is 9.92. The van der Waals surface area contributed by atoms with Gasteiger partial charge in [0.25, 0.3) is 0 Å². The molecule has 0 aliphatic heterocycles. The zero-order valence-electron chi connectivity index (χ0n) is 11.4. The third-order valence-corrected chi connectivity index (χ3v) is 3.25. The van der Waals surface area contributed by atoms with Gasteiger partial charge in [-0.2, -0.15) is 16.9 Å².